The Kier molecular flexibility index (Phi) is 4.85. The predicted octanol–water partition coefficient (Wildman–Crippen LogP) is 2.95. The maximum atomic E-state index is 12.1. The normalized spacial score (nSPS) is 10.5. The predicted molar refractivity (Wildman–Crippen MR) is 93.3 cm³/mol. The van der Waals surface area contributed by atoms with Crippen molar-refractivity contribution in [3.05, 3.63) is 59.6 Å². The molecule has 0 saturated carbocycles. The minimum absolute atomic E-state index is 0.00465. The monoisotopic (exact) mass is 358 g/mol. The van der Waals surface area contributed by atoms with E-state index >= 15 is 0 Å². The number of carbonyl (C=O) groups is 1. The highest BCUT2D eigenvalue weighted by Crippen LogP contribution is 2.27. The summed E-state index contributed by atoms with van der Waals surface area (Å²) < 4.78 is 7.21. The molecule has 0 fully saturated rings. The number of rotatable bonds is 5. The summed E-state index contributed by atoms with van der Waals surface area (Å²) in [6.45, 7) is 1.62. The summed E-state index contributed by atoms with van der Waals surface area (Å²) in [6.07, 6.45) is 3.01. The number of phenolic OH excluding ortho intramolecular Hbond substituents is 1. The van der Waals surface area contributed by atoms with Gasteiger partial charge in [-0.3, -0.25) is 9.36 Å². The van der Waals surface area contributed by atoms with Gasteiger partial charge in [0.15, 0.2) is 6.61 Å². The third-order valence-electron chi connectivity index (χ3n) is 3.40. The number of halogens is 1. The molecule has 0 bridgehead atoms. The fourth-order valence-corrected chi connectivity index (χ4v) is 2.38. The van der Waals surface area contributed by atoms with Crippen molar-refractivity contribution in [2.75, 3.05) is 11.9 Å². The molecule has 0 aliphatic rings. The SMILES string of the molecule is Cc1ccc(NC(=O)COc2ccc(Cl)cc2-n2cnnc2)c(O)c1. The van der Waals surface area contributed by atoms with Crippen LogP contribution in [0, 0.1) is 6.92 Å². The van der Waals surface area contributed by atoms with Gasteiger partial charge in [0.2, 0.25) is 0 Å². The second kappa shape index (κ2) is 7.23. The number of amides is 1. The van der Waals surface area contributed by atoms with Gasteiger partial charge in [-0.15, -0.1) is 10.2 Å². The minimum Gasteiger partial charge on any atom is -0.506 e. The van der Waals surface area contributed by atoms with Gasteiger partial charge in [0, 0.05) is 5.02 Å². The van der Waals surface area contributed by atoms with Gasteiger partial charge in [-0.05, 0) is 42.8 Å². The van der Waals surface area contributed by atoms with Crippen LogP contribution in [0.5, 0.6) is 11.5 Å². The molecule has 0 saturated heterocycles. The zero-order chi connectivity index (χ0) is 17.8. The molecule has 0 spiro atoms. The number of nitrogens with zero attached hydrogens (tertiary/aromatic N) is 3. The molecule has 0 radical (unpaired) electrons. The maximum Gasteiger partial charge on any atom is 0.262 e. The van der Waals surface area contributed by atoms with Crippen molar-refractivity contribution in [3.63, 3.8) is 0 Å². The summed E-state index contributed by atoms with van der Waals surface area (Å²) in [7, 11) is 0. The highest BCUT2D eigenvalue weighted by atomic mass is 35.5. The van der Waals surface area contributed by atoms with Gasteiger partial charge < -0.3 is 15.2 Å². The van der Waals surface area contributed by atoms with Crippen LogP contribution in [0.2, 0.25) is 5.02 Å². The summed E-state index contributed by atoms with van der Waals surface area (Å²) in [4.78, 5) is 12.1. The first kappa shape index (κ1) is 16.8. The number of hydrogen-bond acceptors (Lipinski definition) is 5. The first-order valence-corrected chi connectivity index (χ1v) is 7.77. The number of nitrogens with one attached hydrogen (secondary N) is 1. The molecule has 1 heterocycles. The number of aromatic nitrogens is 3. The van der Waals surface area contributed by atoms with Crippen molar-refractivity contribution < 1.29 is 14.6 Å². The number of hydrogen-bond donors (Lipinski definition) is 2. The summed E-state index contributed by atoms with van der Waals surface area (Å²) in [5, 5.41) is 20.4. The van der Waals surface area contributed by atoms with Gasteiger partial charge in [0.1, 0.15) is 24.2 Å². The van der Waals surface area contributed by atoms with E-state index in [0.29, 0.717) is 22.1 Å². The smallest absolute Gasteiger partial charge is 0.262 e. The lowest BCUT2D eigenvalue weighted by Crippen LogP contribution is -2.20. The van der Waals surface area contributed by atoms with Crippen molar-refractivity contribution in [3.8, 4) is 17.2 Å². The highest BCUT2D eigenvalue weighted by Gasteiger charge is 2.11. The number of anilines is 1. The molecule has 2 aromatic carbocycles. The lowest BCUT2D eigenvalue weighted by Gasteiger charge is -2.12. The Morgan fingerprint density at radius 3 is 2.72 bits per heavy atom. The van der Waals surface area contributed by atoms with Crippen LogP contribution in [-0.2, 0) is 4.79 Å². The third kappa shape index (κ3) is 4.07. The van der Waals surface area contributed by atoms with Crippen LogP contribution in [0.3, 0.4) is 0 Å². The van der Waals surface area contributed by atoms with E-state index in [-0.39, 0.29) is 12.4 Å². The molecule has 8 heteroatoms. The molecule has 0 unspecified atom stereocenters. The van der Waals surface area contributed by atoms with Crippen LogP contribution < -0.4 is 10.1 Å². The van der Waals surface area contributed by atoms with E-state index < -0.39 is 5.91 Å². The van der Waals surface area contributed by atoms with Crippen LogP contribution in [0.15, 0.2) is 49.1 Å². The van der Waals surface area contributed by atoms with E-state index in [2.05, 4.69) is 15.5 Å². The average Bonchev–Trinajstić information content (AvgIpc) is 3.10. The highest BCUT2D eigenvalue weighted by molar-refractivity contribution is 6.30. The number of phenols is 1. The van der Waals surface area contributed by atoms with E-state index in [0.717, 1.165) is 5.56 Å². The number of aromatic hydroxyl groups is 1. The van der Waals surface area contributed by atoms with Gasteiger partial charge >= 0.3 is 0 Å². The molecule has 0 aliphatic carbocycles. The number of carbonyl (C=O) groups excluding carboxylic acids is 1. The third-order valence-corrected chi connectivity index (χ3v) is 3.64. The quantitative estimate of drug-likeness (QED) is 0.684. The van der Waals surface area contributed by atoms with E-state index in [1.807, 2.05) is 6.92 Å². The number of ether oxygens (including phenoxy) is 1. The zero-order valence-corrected chi connectivity index (χ0v) is 14.1. The molecule has 7 nitrogen and oxygen atoms in total. The van der Waals surface area contributed by atoms with E-state index in [1.54, 1.807) is 41.0 Å². The lowest BCUT2D eigenvalue weighted by atomic mass is 10.2. The molecule has 1 amide bonds. The molecular formula is C17H15ClN4O3. The van der Waals surface area contributed by atoms with Gasteiger partial charge in [-0.1, -0.05) is 17.7 Å². The number of benzene rings is 2. The van der Waals surface area contributed by atoms with Crippen LogP contribution in [0.25, 0.3) is 5.69 Å². The van der Waals surface area contributed by atoms with Gasteiger partial charge in [-0.2, -0.15) is 0 Å². The second-order valence-corrected chi connectivity index (χ2v) is 5.78. The van der Waals surface area contributed by atoms with Gasteiger partial charge in [-0.25, -0.2) is 0 Å². The fraction of sp³-hybridized carbons (Fsp3) is 0.118. The molecule has 0 atom stereocenters. The van der Waals surface area contributed by atoms with Crippen molar-refractivity contribution in [2.24, 2.45) is 0 Å². The first-order valence-electron chi connectivity index (χ1n) is 7.40. The van der Waals surface area contributed by atoms with Crippen LogP contribution in [0.1, 0.15) is 5.56 Å². The Morgan fingerprint density at radius 1 is 1.24 bits per heavy atom. The van der Waals surface area contributed by atoms with Crippen molar-refractivity contribution >= 4 is 23.2 Å². The molecule has 3 rings (SSSR count). The Morgan fingerprint density at radius 2 is 2.00 bits per heavy atom. The Hall–Kier alpha value is -3.06. The largest absolute Gasteiger partial charge is 0.506 e. The Balaban J connectivity index is 1.70. The summed E-state index contributed by atoms with van der Waals surface area (Å²) in [6, 6.07) is 10.00. The standard InChI is InChI=1S/C17H15ClN4O3/c1-11-2-4-13(15(23)6-11)21-17(24)8-25-16-5-3-12(18)7-14(16)22-9-19-20-10-22/h2-7,9-10,23H,8H2,1H3,(H,21,24). The summed E-state index contributed by atoms with van der Waals surface area (Å²) in [5.41, 5.74) is 1.84. The molecular weight excluding hydrogens is 344 g/mol. The molecule has 1 aromatic heterocycles. The first-order chi connectivity index (χ1) is 12.0. The molecule has 0 aliphatic heterocycles. The lowest BCUT2D eigenvalue weighted by molar-refractivity contribution is -0.118. The van der Waals surface area contributed by atoms with Crippen LogP contribution in [0.4, 0.5) is 5.69 Å². The topological polar surface area (TPSA) is 89.3 Å². The van der Waals surface area contributed by atoms with Gasteiger partial charge in [0.25, 0.3) is 5.91 Å². The molecule has 128 valence electrons. The molecule has 25 heavy (non-hydrogen) atoms. The summed E-state index contributed by atoms with van der Waals surface area (Å²) in [5.74, 6) is 0.0568. The Labute approximate surface area is 148 Å². The molecule has 3 aromatic rings. The Bertz CT molecular complexity index is 897. The zero-order valence-electron chi connectivity index (χ0n) is 13.3. The molecule has 2 N–H and O–H groups in total. The van der Waals surface area contributed by atoms with Crippen LogP contribution in [-0.4, -0.2) is 32.4 Å². The fourth-order valence-electron chi connectivity index (χ4n) is 2.22. The van der Waals surface area contributed by atoms with E-state index in [9.17, 15) is 9.90 Å². The van der Waals surface area contributed by atoms with Gasteiger partial charge in [0.05, 0.1) is 11.4 Å². The average molecular weight is 359 g/mol. The second-order valence-electron chi connectivity index (χ2n) is 5.34. The van der Waals surface area contributed by atoms with Crippen molar-refractivity contribution in [1.82, 2.24) is 14.8 Å². The van der Waals surface area contributed by atoms with Crippen LogP contribution >= 0.6 is 11.6 Å². The van der Waals surface area contributed by atoms with Crippen molar-refractivity contribution in [1.29, 1.82) is 0 Å². The maximum absolute atomic E-state index is 12.1. The van der Waals surface area contributed by atoms with Crippen molar-refractivity contribution in [2.45, 2.75) is 6.92 Å². The van der Waals surface area contributed by atoms with E-state index in [4.69, 9.17) is 16.3 Å². The number of aryl methyl sites for hydroxylation is 1. The minimum atomic E-state index is -0.399. The summed E-state index contributed by atoms with van der Waals surface area (Å²) >= 11 is 6.02. The van der Waals surface area contributed by atoms with E-state index in [1.165, 1.54) is 12.7 Å².